The Labute approximate surface area is 153 Å². The molecule has 140 valence electrons. The van der Waals surface area contributed by atoms with Crippen molar-refractivity contribution in [1.82, 2.24) is 15.0 Å². The number of hydrogen-bond acceptors (Lipinski definition) is 3. The van der Waals surface area contributed by atoms with E-state index in [9.17, 15) is 18.0 Å². The third-order valence-corrected chi connectivity index (χ3v) is 4.16. The van der Waals surface area contributed by atoms with E-state index in [-0.39, 0.29) is 11.4 Å². The van der Waals surface area contributed by atoms with Crippen LogP contribution < -0.4 is 5.32 Å². The summed E-state index contributed by atoms with van der Waals surface area (Å²) < 4.78 is 40.5. The average molecular weight is 374 g/mol. The van der Waals surface area contributed by atoms with Crippen LogP contribution in [0.5, 0.6) is 0 Å². The van der Waals surface area contributed by atoms with Gasteiger partial charge in [-0.15, -0.1) is 5.10 Å². The van der Waals surface area contributed by atoms with Crippen LogP contribution in [0.3, 0.4) is 0 Å². The Hall–Kier alpha value is -3.16. The van der Waals surface area contributed by atoms with Gasteiger partial charge in [0.15, 0.2) is 5.69 Å². The van der Waals surface area contributed by atoms with Crippen molar-refractivity contribution in [1.29, 1.82) is 0 Å². The van der Waals surface area contributed by atoms with Crippen molar-refractivity contribution < 1.29 is 18.0 Å². The molecule has 2 aromatic carbocycles. The second-order valence-electron chi connectivity index (χ2n) is 5.98. The Balaban J connectivity index is 1.91. The number of carbonyl (C=O) groups excluding carboxylic acids is 1. The predicted molar refractivity (Wildman–Crippen MR) is 94.9 cm³/mol. The molecule has 1 aromatic heterocycles. The number of para-hydroxylation sites is 2. The minimum absolute atomic E-state index is 0.0720. The van der Waals surface area contributed by atoms with E-state index >= 15 is 0 Å². The molecule has 3 aromatic rings. The molecule has 0 radical (unpaired) electrons. The average Bonchev–Trinajstić information content (AvgIpc) is 3.13. The van der Waals surface area contributed by atoms with Gasteiger partial charge in [0.05, 0.1) is 17.4 Å². The fraction of sp³-hybridized carbons (Fsp3) is 0.211. The largest absolute Gasteiger partial charge is 0.418 e. The van der Waals surface area contributed by atoms with E-state index < -0.39 is 17.6 Å². The molecular formula is C19H17F3N4O. The van der Waals surface area contributed by atoms with E-state index in [1.807, 2.05) is 32.0 Å². The van der Waals surface area contributed by atoms with Gasteiger partial charge in [-0.2, -0.15) is 13.2 Å². The third kappa shape index (κ3) is 3.84. The minimum Gasteiger partial charge on any atom is -0.320 e. The van der Waals surface area contributed by atoms with Gasteiger partial charge in [0.25, 0.3) is 5.91 Å². The molecule has 1 heterocycles. The number of anilines is 1. The van der Waals surface area contributed by atoms with Gasteiger partial charge in [-0.05, 0) is 36.6 Å². The molecule has 0 aliphatic heterocycles. The predicted octanol–water partition coefficient (Wildman–Crippen LogP) is 4.41. The van der Waals surface area contributed by atoms with Crippen LogP contribution in [0.4, 0.5) is 18.9 Å². The first-order valence-electron chi connectivity index (χ1n) is 8.30. The van der Waals surface area contributed by atoms with Gasteiger partial charge >= 0.3 is 6.18 Å². The van der Waals surface area contributed by atoms with E-state index in [1.54, 1.807) is 0 Å². The summed E-state index contributed by atoms with van der Waals surface area (Å²) in [6.45, 7) is 3.83. The second-order valence-corrected chi connectivity index (χ2v) is 5.98. The number of alkyl halides is 3. The van der Waals surface area contributed by atoms with Crippen LogP contribution in [-0.2, 0) is 12.6 Å². The highest BCUT2D eigenvalue weighted by Gasteiger charge is 2.34. The smallest absolute Gasteiger partial charge is 0.320 e. The lowest BCUT2D eigenvalue weighted by Crippen LogP contribution is -2.15. The minimum atomic E-state index is -4.54. The molecule has 0 spiro atoms. The molecule has 5 nitrogen and oxygen atoms in total. The maximum atomic E-state index is 13.2. The van der Waals surface area contributed by atoms with Crippen molar-refractivity contribution in [3.63, 3.8) is 0 Å². The molecule has 8 heteroatoms. The molecule has 0 saturated carbocycles. The maximum absolute atomic E-state index is 13.2. The summed E-state index contributed by atoms with van der Waals surface area (Å²) in [6, 6.07) is 10.7. The van der Waals surface area contributed by atoms with Gasteiger partial charge in [-0.3, -0.25) is 4.79 Å². The SMILES string of the molecule is CCc1cccc(C)c1NC(=O)c1cn(-c2ccccc2C(F)(F)F)nn1. The third-order valence-electron chi connectivity index (χ3n) is 4.16. The number of hydrogen-bond donors (Lipinski definition) is 1. The first-order valence-corrected chi connectivity index (χ1v) is 8.30. The molecular weight excluding hydrogens is 357 g/mol. The highest BCUT2D eigenvalue weighted by molar-refractivity contribution is 6.03. The molecule has 0 bridgehead atoms. The Morgan fingerprint density at radius 1 is 1.15 bits per heavy atom. The van der Waals surface area contributed by atoms with Gasteiger partial charge in [0.2, 0.25) is 0 Å². The number of nitrogens with zero attached hydrogens (tertiary/aromatic N) is 3. The summed E-state index contributed by atoms with van der Waals surface area (Å²) in [5.74, 6) is -0.533. The van der Waals surface area contributed by atoms with Crippen molar-refractivity contribution in [2.45, 2.75) is 26.4 Å². The van der Waals surface area contributed by atoms with Gasteiger partial charge in [0, 0.05) is 5.69 Å². The van der Waals surface area contributed by atoms with Crippen LogP contribution in [0.1, 0.15) is 34.1 Å². The molecule has 0 aliphatic rings. The zero-order valence-corrected chi connectivity index (χ0v) is 14.7. The van der Waals surface area contributed by atoms with E-state index in [4.69, 9.17) is 0 Å². The number of nitrogens with one attached hydrogen (secondary N) is 1. The van der Waals surface area contributed by atoms with E-state index in [2.05, 4.69) is 15.6 Å². The van der Waals surface area contributed by atoms with Crippen molar-refractivity contribution >= 4 is 11.6 Å². The molecule has 0 aliphatic carbocycles. The summed E-state index contributed by atoms with van der Waals surface area (Å²) in [7, 11) is 0. The fourth-order valence-corrected chi connectivity index (χ4v) is 2.78. The van der Waals surface area contributed by atoms with Crippen LogP contribution in [-0.4, -0.2) is 20.9 Å². The molecule has 1 amide bonds. The van der Waals surface area contributed by atoms with E-state index in [1.165, 1.54) is 24.4 Å². The van der Waals surface area contributed by atoms with Gasteiger partial charge in [0.1, 0.15) is 0 Å². The standard InChI is InChI=1S/C19H17F3N4O/c1-3-13-8-6-7-12(2)17(13)23-18(27)15-11-26(25-24-15)16-10-5-4-9-14(16)19(20,21)22/h4-11H,3H2,1-2H3,(H,23,27). The second kappa shape index (κ2) is 7.22. The lowest BCUT2D eigenvalue weighted by atomic mass is 10.1. The monoisotopic (exact) mass is 374 g/mol. The zero-order valence-electron chi connectivity index (χ0n) is 14.7. The highest BCUT2D eigenvalue weighted by atomic mass is 19.4. The molecule has 0 atom stereocenters. The molecule has 0 saturated heterocycles. The van der Waals surface area contributed by atoms with Crippen LogP contribution >= 0.6 is 0 Å². The fourth-order valence-electron chi connectivity index (χ4n) is 2.78. The van der Waals surface area contributed by atoms with E-state index in [0.717, 1.165) is 28.3 Å². The van der Waals surface area contributed by atoms with Crippen LogP contribution in [0.25, 0.3) is 5.69 Å². The molecule has 27 heavy (non-hydrogen) atoms. The van der Waals surface area contributed by atoms with Gasteiger partial charge in [-0.1, -0.05) is 42.5 Å². The molecule has 1 N–H and O–H groups in total. The number of carbonyl (C=O) groups is 1. The summed E-state index contributed by atoms with van der Waals surface area (Å²) in [4.78, 5) is 12.5. The maximum Gasteiger partial charge on any atom is 0.418 e. The first kappa shape index (κ1) is 18.6. The van der Waals surface area contributed by atoms with Gasteiger partial charge in [-0.25, -0.2) is 4.68 Å². The Bertz CT molecular complexity index is 979. The van der Waals surface area contributed by atoms with Crippen molar-refractivity contribution in [2.75, 3.05) is 5.32 Å². The lowest BCUT2D eigenvalue weighted by Gasteiger charge is -2.12. The first-order chi connectivity index (χ1) is 12.8. The molecule has 0 unspecified atom stereocenters. The summed E-state index contributed by atoms with van der Waals surface area (Å²) in [5, 5.41) is 10.2. The summed E-state index contributed by atoms with van der Waals surface area (Å²) in [5.41, 5.74) is 1.40. The summed E-state index contributed by atoms with van der Waals surface area (Å²) >= 11 is 0. The number of halogens is 3. The normalized spacial score (nSPS) is 11.4. The van der Waals surface area contributed by atoms with E-state index in [0.29, 0.717) is 5.69 Å². The summed E-state index contributed by atoms with van der Waals surface area (Å²) in [6.07, 6.45) is -2.63. The number of rotatable bonds is 4. The number of aromatic nitrogens is 3. The quantitative estimate of drug-likeness (QED) is 0.736. The van der Waals surface area contributed by atoms with Crippen LogP contribution in [0.2, 0.25) is 0 Å². The number of benzene rings is 2. The van der Waals surface area contributed by atoms with Crippen LogP contribution in [0, 0.1) is 6.92 Å². The topological polar surface area (TPSA) is 59.8 Å². The zero-order chi connectivity index (χ0) is 19.6. The number of aryl methyl sites for hydroxylation is 2. The van der Waals surface area contributed by atoms with Crippen LogP contribution in [0.15, 0.2) is 48.7 Å². The Morgan fingerprint density at radius 3 is 2.59 bits per heavy atom. The van der Waals surface area contributed by atoms with Crippen molar-refractivity contribution in [3.05, 3.63) is 71.0 Å². The van der Waals surface area contributed by atoms with Crippen molar-refractivity contribution in [3.8, 4) is 5.69 Å². The number of amides is 1. The van der Waals surface area contributed by atoms with Crippen molar-refractivity contribution in [2.24, 2.45) is 0 Å². The lowest BCUT2D eigenvalue weighted by molar-refractivity contribution is -0.137. The highest BCUT2D eigenvalue weighted by Crippen LogP contribution is 2.33. The molecule has 0 fully saturated rings. The molecule has 3 rings (SSSR count). The Kier molecular flexibility index (Phi) is 4.98. The van der Waals surface area contributed by atoms with Gasteiger partial charge < -0.3 is 5.32 Å². The Morgan fingerprint density at radius 2 is 1.89 bits per heavy atom.